The third kappa shape index (κ3) is 1.72. The van der Waals surface area contributed by atoms with Gasteiger partial charge in [-0.1, -0.05) is 6.92 Å². The van der Waals surface area contributed by atoms with Gasteiger partial charge in [-0.25, -0.2) is 0 Å². The summed E-state index contributed by atoms with van der Waals surface area (Å²) in [5.74, 6) is 1.89. The SMILES string of the molecule is CCNCC1(C2CC2)CCOC1C1CC1. The van der Waals surface area contributed by atoms with Crippen molar-refractivity contribution >= 4 is 0 Å². The lowest BCUT2D eigenvalue weighted by atomic mass is 9.74. The van der Waals surface area contributed by atoms with Crippen LogP contribution in [-0.2, 0) is 4.74 Å². The summed E-state index contributed by atoms with van der Waals surface area (Å²) >= 11 is 0. The lowest BCUT2D eigenvalue weighted by Crippen LogP contribution is -2.43. The van der Waals surface area contributed by atoms with Crippen molar-refractivity contribution in [3.63, 3.8) is 0 Å². The summed E-state index contributed by atoms with van der Waals surface area (Å²) in [6.07, 6.45) is 7.67. The van der Waals surface area contributed by atoms with Gasteiger partial charge in [0.15, 0.2) is 0 Å². The highest BCUT2D eigenvalue weighted by molar-refractivity contribution is 5.07. The standard InChI is InChI=1S/C13H23NO/c1-2-14-9-13(11-5-6-11)7-8-15-12(13)10-3-4-10/h10-12,14H,2-9H2,1H3. The number of nitrogens with one attached hydrogen (secondary N) is 1. The van der Waals surface area contributed by atoms with Crippen LogP contribution in [0.1, 0.15) is 39.0 Å². The highest BCUT2D eigenvalue weighted by Crippen LogP contribution is 2.58. The monoisotopic (exact) mass is 209 g/mol. The Bertz CT molecular complexity index is 235. The summed E-state index contributed by atoms with van der Waals surface area (Å²) in [6.45, 7) is 5.53. The predicted octanol–water partition coefficient (Wildman–Crippen LogP) is 2.19. The molecular weight excluding hydrogens is 186 g/mol. The van der Waals surface area contributed by atoms with Crippen LogP contribution in [0, 0.1) is 17.3 Å². The third-order valence-electron chi connectivity index (χ3n) is 4.58. The highest BCUT2D eigenvalue weighted by Gasteiger charge is 2.57. The Kier molecular flexibility index (Phi) is 2.52. The summed E-state index contributed by atoms with van der Waals surface area (Å²) < 4.78 is 6.05. The van der Waals surface area contributed by atoms with E-state index in [-0.39, 0.29) is 0 Å². The smallest absolute Gasteiger partial charge is 0.0675 e. The zero-order chi connectivity index (χ0) is 10.3. The van der Waals surface area contributed by atoms with Crippen LogP contribution in [0.3, 0.4) is 0 Å². The maximum Gasteiger partial charge on any atom is 0.0675 e. The molecule has 0 amide bonds. The zero-order valence-electron chi connectivity index (χ0n) is 9.80. The second-order valence-corrected chi connectivity index (χ2v) is 5.67. The third-order valence-corrected chi connectivity index (χ3v) is 4.58. The number of rotatable bonds is 5. The molecule has 0 aromatic heterocycles. The van der Waals surface area contributed by atoms with Gasteiger partial charge < -0.3 is 10.1 Å². The van der Waals surface area contributed by atoms with Gasteiger partial charge in [0, 0.05) is 18.6 Å². The lowest BCUT2D eigenvalue weighted by molar-refractivity contribution is 0.0200. The number of ether oxygens (including phenoxy) is 1. The molecule has 0 bridgehead atoms. The summed E-state index contributed by atoms with van der Waals surface area (Å²) in [5, 5.41) is 3.58. The normalized spacial score (nSPS) is 41.0. The van der Waals surface area contributed by atoms with Crippen LogP contribution in [0.4, 0.5) is 0 Å². The van der Waals surface area contributed by atoms with Crippen LogP contribution in [0.15, 0.2) is 0 Å². The van der Waals surface area contributed by atoms with Crippen LogP contribution in [0.2, 0.25) is 0 Å². The molecule has 2 unspecified atom stereocenters. The summed E-state index contributed by atoms with van der Waals surface area (Å²) in [7, 11) is 0. The molecule has 0 spiro atoms. The quantitative estimate of drug-likeness (QED) is 0.749. The van der Waals surface area contributed by atoms with E-state index in [1.165, 1.54) is 38.6 Å². The van der Waals surface area contributed by atoms with Crippen LogP contribution in [-0.4, -0.2) is 25.8 Å². The minimum atomic E-state index is 0.525. The molecule has 2 atom stereocenters. The van der Waals surface area contributed by atoms with Crippen LogP contribution in [0.5, 0.6) is 0 Å². The van der Waals surface area contributed by atoms with Gasteiger partial charge in [0.25, 0.3) is 0 Å². The van der Waals surface area contributed by atoms with E-state index in [2.05, 4.69) is 12.2 Å². The van der Waals surface area contributed by atoms with Crippen molar-refractivity contribution in [3.05, 3.63) is 0 Å². The van der Waals surface area contributed by atoms with Crippen LogP contribution in [0.25, 0.3) is 0 Å². The van der Waals surface area contributed by atoms with Gasteiger partial charge in [-0.2, -0.15) is 0 Å². The first-order chi connectivity index (χ1) is 7.37. The molecule has 0 aromatic carbocycles. The number of hydrogen-bond donors (Lipinski definition) is 1. The molecule has 2 nitrogen and oxygen atoms in total. The minimum absolute atomic E-state index is 0.525. The predicted molar refractivity (Wildman–Crippen MR) is 60.8 cm³/mol. The summed E-state index contributed by atoms with van der Waals surface area (Å²) in [6, 6.07) is 0. The Morgan fingerprint density at radius 2 is 2.07 bits per heavy atom. The average molecular weight is 209 g/mol. The Morgan fingerprint density at radius 1 is 1.27 bits per heavy atom. The molecule has 3 fully saturated rings. The van der Waals surface area contributed by atoms with E-state index in [9.17, 15) is 0 Å². The van der Waals surface area contributed by atoms with Gasteiger partial charge in [0.1, 0.15) is 0 Å². The molecule has 1 aliphatic heterocycles. The van der Waals surface area contributed by atoms with Crippen LogP contribution >= 0.6 is 0 Å². The van der Waals surface area contributed by atoms with Crippen LogP contribution < -0.4 is 5.32 Å². The first-order valence-corrected chi connectivity index (χ1v) is 6.69. The molecule has 0 aromatic rings. The van der Waals surface area contributed by atoms with Gasteiger partial charge >= 0.3 is 0 Å². The second kappa shape index (κ2) is 3.74. The van der Waals surface area contributed by atoms with Crippen molar-refractivity contribution in [2.24, 2.45) is 17.3 Å². The van der Waals surface area contributed by atoms with E-state index in [4.69, 9.17) is 4.74 Å². The molecule has 86 valence electrons. The van der Waals surface area contributed by atoms with Gasteiger partial charge in [-0.3, -0.25) is 0 Å². The van der Waals surface area contributed by atoms with Gasteiger partial charge in [0.2, 0.25) is 0 Å². The molecule has 2 aliphatic carbocycles. The minimum Gasteiger partial charge on any atom is -0.377 e. The largest absolute Gasteiger partial charge is 0.377 e. The molecule has 1 N–H and O–H groups in total. The second-order valence-electron chi connectivity index (χ2n) is 5.67. The first-order valence-electron chi connectivity index (χ1n) is 6.69. The van der Waals surface area contributed by atoms with Crippen molar-refractivity contribution in [3.8, 4) is 0 Å². The summed E-state index contributed by atoms with van der Waals surface area (Å²) in [4.78, 5) is 0. The average Bonchev–Trinajstić information content (AvgIpc) is 3.13. The van der Waals surface area contributed by atoms with E-state index >= 15 is 0 Å². The maximum atomic E-state index is 6.05. The summed E-state index contributed by atoms with van der Waals surface area (Å²) in [5.41, 5.74) is 0.525. The van der Waals surface area contributed by atoms with E-state index in [1.54, 1.807) is 0 Å². The van der Waals surface area contributed by atoms with E-state index in [0.717, 1.165) is 25.0 Å². The first kappa shape index (κ1) is 10.1. The molecule has 1 saturated heterocycles. The maximum absolute atomic E-state index is 6.05. The Labute approximate surface area is 92.8 Å². The number of hydrogen-bond acceptors (Lipinski definition) is 2. The fourth-order valence-electron chi connectivity index (χ4n) is 3.47. The lowest BCUT2D eigenvalue weighted by Gasteiger charge is -2.35. The topological polar surface area (TPSA) is 21.3 Å². The Morgan fingerprint density at radius 3 is 2.67 bits per heavy atom. The van der Waals surface area contributed by atoms with Gasteiger partial charge in [-0.05, 0) is 50.5 Å². The molecular formula is C13H23NO. The van der Waals surface area contributed by atoms with Crippen molar-refractivity contribution in [2.45, 2.75) is 45.1 Å². The van der Waals surface area contributed by atoms with Crippen molar-refractivity contribution in [1.82, 2.24) is 5.32 Å². The molecule has 1 heterocycles. The highest BCUT2D eigenvalue weighted by atomic mass is 16.5. The molecule has 3 rings (SSSR count). The molecule has 2 heteroatoms. The van der Waals surface area contributed by atoms with E-state index < -0.39 is 0 Å². The van der Waals surface area contributed by atoms with Gasteiger partial charge in [-0.15, -0.1) is 0 Å². The Hall–Kier alpha value is -0.0800. The van der Waals surface area contributed by atoms with Gasteiger partial charge in [0.05, 0.1) is 6.10 Å². The zero-order valence-corrected chi connectivity index (χ0v) is 9.80. The fourth-order valence-corrected chi connectivity index (χ4v) is 3.47. The molecule has 0 radical (unpaired) electrons. The van der Waals surface area contributed by atoms with Crippen molar-refractivity contribution in [1.29, 1.82) is 0 Å². The van der Waals surface area contributed by atoms with Crippen molar-refractivity contribution in [2.75, 3.05) is 19.7 Å². The Balaban J connectivity index is 1.74. The van der Waals surface area contributed by atoms with E-state index in [0.29, 0.717) is 11.5 Å². The van der Waals surface area contributed by atoms with E-state index in [1.807, 2.05) is 0 Å². The molecule has 3 aliphatic rings. The molecule has 15 heavy (non-hydrogen) atoms. The fraction of sp³-hybridized carbons (Fsp3) is 1.00. The molecule has 2 saturated carbocycles. The van der Waals surface area contributed by atoms with Crippen molar-refractivity contribution < 1.29 is 4.74 Å².